The second-order valence-corrected chi connectivity index (χ2v) is 8.91. The van der Waals surface area contributed by atoms with Gasteiger partial charge in [0.05, 0.1) is 24.1 Å². The molecule has 1 aromatic heterocycles. The quantitative estimate of drug-likeness (QED) is 0.738. The molecule has 4 rings (SSSR count). The normalized spacial score (nSPS) is 21.1. The highest BCUT2D eigenvalue weighted by Gasteiger charge is 2.46. The Labute approximate surface area is 172 Å². The molecule has 0 unspecified atom stereocenters. The van der Waals surface area contributed by atoms with Crippen LogP contribution in [0.2, 0.25) is 0 Å². The Morgan fingerprint density at radius 2 is 2.00 bits per heavy atom. The number of anilines is 1. The zero-order valence-corrected chi connectivity index (χ0v) is 17.2. The topological polar surface area (TPSA) is 95.5 Å². The van der Waals surface area contributed by atoms with Crippen LogP contribution in [0.15, 0.2) is 36.5 Å². The lowest BCUT2D eigenvalue weighted by Gasteiger charge is -2.42. The lowest BCUT2D eigenvalue weighted by Crippen LogP contribution is -2.45. The minimum Gasteiger partial charge on any atom is -0.390 e. The van der Waals surface area contributed by atoms with Crippen molar-refractivity contribution < 1.29 is 10.2 Å². The van der Waals surface area contributed by atoms with Crippen LogP contribution in [0.3, 0.4) is 0 Å². The Balaban J connectivity index is 1.50. The van der Waals surface area contributed by atoms with Gasteiger partial charge in [-0.1, -0.05) is 30.3 Å². The van der Waals surface area contributed by atoms with Crippen LogP contribution in [-0.2, 0) is 13.0 Å². The number of piperidine rings is 1. The van der Waals surface area contributed by atoms with E-state index in [9.17, 15) is 10.2 Å². The van der Waals surface area contributed by atoms with Gasteiger partial charge in [-0.25, -0.2) is 9.97 Å². The summed E-state index contributed by atoms with van der Waals surface area (Å²) in [6.07, 6.45) is 8.12. The Kier molecular flexibility index (Phi) is 5.19. The standard InChI is InChI=1S/C23H30N4O2/c1-22(2,29)8-7-17-14-25-21(19(15-28)26-17)27-11-9-23(10-12-27)13-16-5-3-4-6-18(16)20(23)24/h3-8,14,20,28-29H,9-13,15,24H2,1-2H3/t20-/m1/s1. The number of fused-ring (bicyclic) bond motifs is 1. The largest absolute Gasteiger partial charge is 0.390 e. The maximum atomic E-state index is 9.85. The molecule has 6 nitrogen and oxygen atoms in total. The molecule has 2 aliphatic rings. The van der Waals surface area contributed by atoms with E-state index in [4.69, 9.17) is 5.73 Å². The third-order valence-electron chi connectivity index (χ3n) is 6.30. The van der Waals surface area contributed by atoms with E-state index in [-0.39, 0.29) is 18.1 Å². The predicted octanol–water partition coefficient (Wildman–Crippen LogP) is 2.60. The average molecular weight is 395 g/mol. The summed E-state index contributed by atoms with van der Waals surface area (Å²) in [6, 6.07) is 8.61. The first kappa shape index (κ1) is 20.0. The number of nitrogens with zero attached hydrogens (tertiary/aromatic N) is 3. The van der Waals surface area contributed by atoms with E-state index in [0.29, 0.717) is 11.4 Å². The van der Waals surface area contributed by atoms with E-state index >= 15 is 0 Å². The molecule has 4 N–H and O–H groups in total. The van der Waals surface area contributed by atoms with Gasteiger partial charge in [0.2, 0.25) is 0 Å². The average Bonchev–Trinajstić information content (AvgIpc) is 2.98. The summed E-state index contributed by atoms with van der Waals surface area (Å²) in [5, 5.41) is 19.7. The molecule has 1 aliphatic carbocycles. The van der Waals surface area contributed by atoms with Crippen molar-refractivity contribution in [3.05, 3.63) is 59.1 Å². The van der Waals surface area contributed by atoms with Crippen LogP contribution in [0.5, 0.6) is 0 Å². The van der Waals surface area contributed by atoms with Crippen LogP contribution in [0.25, 0.3) is 6.08 Å². The summed E-state index contributed by atoms with van der Waals surface area (Å²) in [5.41, 5.74) is 9.73. The number of rotatable bonds is 4. The van der Waals surface area contributed by atoms with Crippen molar-refractivity contribution in [2.45, 2.75) is 51.4 Å². The Hall–Kier alpha value is -2.28. The minimum atomic E-state index is -0.918. The van der Waals surface area contributed by atoms with Gasteiger partial charge in [-0.3, -0.25) is 0 Å². The molecule has 2 aromatic rings. The lowest BCUT2D eigenvalue weighted by molar-refractivity contribution is 0.134. The van der Waals surface area contributed by atoms with Crippen molar-refractivity contribution in [2.75, 3.05) is 18.0 Å². The van der Waals surface area contributed by atoms with Gasteiger partial charge in [-0.2, -0.15) is 0 Å². The first-order chi connectivity index (χ1) is 13.8. The summed E-state index contributed by atoms with van der Waals surface area (Å²) in [6.45, 7) is 4.94. The second-order valence-electron chi connectivity index (χ2n) is 8.91. The van der Waals surface area contributed by atoms with Gasteiger partial charge in [-0.05, 0) is 55.7 Å². The molecular formula is C23H30N4O2. The molecule has 6 heteroatoms. The second kappa shape index (κ2) is 7.52. The molecule has 1 fully saturated rings. The van der Waals surface area contributed by atoms with Gasteiger partial charge in [0.1, 0.15) is 5.69 Å². The molecule has 1 aromatic carbocycles. The number of benzene rings is 1. The van der Waals surface area contributed by atoms with Crippen LogP contribution < -0.4 is 10.6 Å². The monoisotopic (exact) mass is 394 g/mol. The van der Waals surface area contributed by atoms with E-state index in [2.05, 4.69) is 39.1 Å². The van der Waals surface area contributed by atoms with Gasteiger partial charge in [0.15, 0.2) is 5.82 Å². The molecule has 1 saturated heterocycles. The first-order valence-electron chi connectivity index (χ1n) is 10.3. The number of nitrogens with two attached hydrogens (primary N) is 1. The van der Waals surface area contributed by atoms with E-state index in [1.54, 1.807) is 32.2 Å². The zero-order valence-electron chi connectivity index (χ0n) is 17.2. The highest BCUT2D eigenvalue weighted by molar-refractivity contribution is 5.51. The molecule has 29 heavy (non-hydrogen) atoms. The van der Waals surface area contributed by atoms with Crippen molar-refractivity contribution in [1.82, 2.24) is 9.97 Å². The van der Waals surface area contributed by atoms with Crippen LogP contribution in [0.4, 0.5) is 5.82 Å². The molecule has 0 bridgehead atoms. The highest BCUT2D eigenvalue weighted by Crippen LogP contribution is 2.50. The Morgan fingerprint density at radius 3 is 2.66 bits per heavy atom. The maximum absolute atomic E-state index is 9.85. The molecule has 1 atom stereocenters. The first-order valence-corrected chi connectivity index (χ1v) is 10.3. The summed E-state index contributed by atoms with van der Waals surface area (Å²) >= 11 is 0. The minimum absolute atomic E-state index is 0.0820. The van der Waals surface area contributed by atoms with Gasteiger partial charge < -0.3 is 20.8 Å². The van der Waals surface area contributed by atoms with Crippen molar-refractivity contribution in [3.8, 4) is 0 Å². The van der Waals surface area contributed by atoms with Crippen molar-refractivity contribution in [3.63, 3.8) is 0 Å². The van der Waals surface area contributed by atoms with Gasteiger partial charge >= 0.3 is 0 Å². The number of hydrogen-bond acceptors (Lipinski definition) is 6. The van der Waals surface area contributed by atoms with Crippen molar-refractivity contribution in [1.29, 1.82) is 0 Å². The number of aliphatic hydroxyl groups excluding tert-OH is 1. The molecule has 1 spiro atoms. The smallest absolute Gasteiger partial charge is 0.152 e. The third kappa shape index (κ3) is 3.92. The molecular weight excluding hydrogens is 364 g/mol. The summed E-state index contributed by atoms with van der Waals surface area (Å²) in [5.74, 6) is 0.742. The van der Waals surface area contributed by atoms with Crippen LogP contribution in [0.1, 0.15) is 55.2 Å². The number of hydrogen-bond donors (Lipinski definition) is 3. The van der Waals surface area contributed by atoms with E-state index in [1.165, 1.54) is 11.1 Å². The number of aromatic nitrogens is 2. The van der Waals surface area contributed by atoms with E-state index < -0.39 is 5.60 Å². The molecule has 0 amide bonds. The predicted molar refractivity (Wildman–Crippen MR) is 114 cm³/mol. The van der Waals surface area contributed by atoms with Crippen LogP contribution in [-0.4, -0.2) is 38.9 Å². The highest BCUT2D eigenvalue weighted by atomic mass is 16.3. The fourth-order valence-electron chi connectivity index (χ4n) is 4.65. The van der Waals surface area contributed by atoms with E-state index in [0.717, 1.165) is 38.2 Å². The molecule has 0 radical (unpaired) electrons. The van der Waals surface area contributed by atoms with Crippen molar-refractivity contribution >= 4 is 11.9 Å². The summed E-state index contributed by atoms with van der Waals surface area (Å²) in [7, 11) is 0. The third-order valence-corrected chi connectivity index (χ3v) is 6.30. The Bertz CT molecular complexity index is 911. The SMILES string of the molecule is CC(C)(O)C=Cc1cnc(N2CCC3(CC2)Cc2ccccc2[C@H]3N)c(CO)n1. The zero-order chi connectivity index (χ0) is 20.6. The van der Waals surface area contributed by atoms with Gasteiger partial charge in [0.25, 0.3) is 0 Å². The molecule has 0 saturated carbocycles. The van der Waals surface area contributed by atoms with Crippen LogP contribution >= 0.6 is 0 Å². The number of aliphatic hydroxyl groups is 2. The van der Waals surface area contributed by atoms with Gasteiger partial charge in [0, 0.05) is 19.1 Å². The fourth-order valence-corrected chi connectivity index (χ4v) is 4.65. The summed E-state index contributed by atoms with van der Waals surface area (Å²) in [4.78, 5) is 11.3. The lowest BCUT2D eigenvalue weighted by atomic mass is 9.73. The maximum Gasteiger partial charge on any atom is 0.152 e. The summed E-state index contributed by atoms with van der Waals surface area (Å²) < 4.78 is 0. The molecule has 2 heterocycles. The molecule has 154 valence electrons. The van der Waals surface area contributed by atoms with Gasteiger partial charge in [-0.15, -0.1) is 0 Å². The fraction of sp³-hybridized carbons (Fsp3) is 0.478. The Morgan fingerprint density at radius 1 is 1.28 bits per heavy atom. The van der Waals surface area contributed by atoms with Crippen LogP contribution in [0, 0.1) is 5.41 Å². The molecule has 1 aliphatic heterocycles. The van der Waals surface area contributed by atoms with Crippen molar-refractivity contribution in [2.24, 2.45) is 11.1 Å². The van der Waals surface area contributed by atoms with E-state index in [1.807, 2.05) is 0 Å².